The van der Waals surface area contributed by atoms with Gasteiger partial charge in [-0.1, -0.05) is 12.1 Å². The number of fused-ring (bicyclic) bond motifs is 1. The fraction of sp³-hybridized carbons (Fsp3) is 0.385. The van der Waals surface area contributed by atoms with Crippen molar-refractivity contribution < 1.29 is 13.9 Å². The molecule has 1 aliphatic carbocycles. The third-order valence-electron chi connectivity index (χ3n) is 3.32. The Morgan fingerprint density at radius 1 is 1.31 bits per heavy atom. The third kappa shape index (κ3) is 1.52. The lowest BCUT2D eigenvalue weighted by Gasteiger charge is -2.03. The maximum absolute atomic E-state index is 13.4. The zero-order valence-electron chi connectivity index (χ0n) is 8.82. The van der Waals surface area contributed by atoms with Gasteiger partial charge in [-0.3, -0.25) is 0 Å². The zero-order chi connectivity index (χ0) is 11.1. The molecule has 2 atom stereocenters. The Bertz CT molecular complexity index is 518. The first-order valence-corrected chi connectivity index (χ1v) is 5.60. The molecular formula is C13H13FO2. The van der Waals surface area contributed by atoms with E-state index in [1.165, 1.54) is 6.07 Å². The Labute approximate surface area is 92.7 Å². The van der Waals surface area contributed by atoms with Crippen molar-refractivity contribution in [3.8, 4) is 0 Å². The fourth-order valence-electron chi connectivity index (χ4n) is 2.46. The Morgan fingerprint density at radius 2 is 2.19 bits per heavy atom. The Balaban J connectivity index is 2.02. The largest absolute Gasteiger partial charge is 0.458 e. The molecule has 2 aromatic rings. The summed E-state index contributed by atoms with van der Waals surface area (Å²) >= 11 is 0. The number of rotatable bonds is 1. The van der Waals surface area contributed by atoms with Crippen LogP contribution in [0, 0.1) is 5.82 Å². The van der Waals surface area contributed by atoms with Gasteiger partial charge in [0.1, 0.15) is 5.76 Å². The minimum atomic E-state index is -0.317. The third-order valence-corrected chi connectivity index (χ3v) is 3.32. The minimum absolute atomic E-state index is 0.233. The van der Waals surface area contributed by atoms with Crippen LogP contribution in [0.25, 0.3) is 11.0 Å². The van der Waals surface area contributed by atoms with Crippen LogP contribution in [0.4, 0.5) is 4.39 Å². The molecule has 1 N–H and O–H groups in total. The monoisotopic (exact) mass is 220 g/mol. The van der Waals surface area contributed by atoms with Crippen LogP contribution in [0.2, 0.25) is 0 Å². The zero-order valence-corrected chi connectivity index (χ0v) is 8.82. The summed E-state index contributed by atoms with van der Waals surface area (Å²) in [4.78, 5) is 0. The molecule has 0 spiro atoms. The number of hydrogen-bond donors (Lipinski definition) is 1. The highest BCUT2D eigenvalue weighted by atomic mass is 19.1. The molecule has 1 fully saturated rings. The Kier molecular flexibility index (Phi) is 2.21. The second-order valence-electron chi connectivity index (χ2n) is 4.47. The molecule has 1 saturated carbocycles. The van der Waals surface area contributed by atoms with E-state index < -0.39 is 0 Å². The van der Waals surface area contributed by atoms with Gasteiger partial charge in [0, 0.05) is 11.3 Å². The van der Waals surface area contributed by atoms with Crippen LogP contribution < -0.4 is 0 Å². The fourth-order valence-corrected chi connectivity index (χ4v) is 2.46. The Morgan fingerprint density at radius 3 is 2.88 bits per heavy atom. The van der Waals surface area contributed by atoms with Crippen molar-refractivity contribution in [1.82, 2.24) is 0 Å². The average Bonchev–Trinajstić information content (AvgIpc) is 2.84. The molecule has 3 heteroatoms. The molecule has 84 valence electrons. The van der Waals surface area contributed by atoms with Crippen LogP contribution in [0.3, 0.4) is 0 Å². The van der Waals surface area contributed by atoms with Crippen molar-refractivity contribution in [2.24, 2.45) is 0 Å². The van der Waals surface area contributed by atoms with E-state index in [-0.39, 0.29) is 17.8 Å². The van der Waals surface area contributed by atoms with Gasteiger partial charge in [0.05, 0.1) is 6.10 Å². The highest BCUT2D eigenvalue weighted by molar-refractivity contribution is 5.78. The van der Waals surface area contributed by atoms with Gasteiger partial charge < -0.3 is 9.52 Å². The van der Waals surface area contributed by atoms with Gasteiger partial charge >= 0.3 is 0 Å². The van der Waals surface area contributed by atoms with Gasteiger partial charge in [-0.05, 0) is 31.4 Å². The van der Waals surface area contributed by atoms with Gasteiger partial charge in [-0.15, -0.1) is 0 Å². The maximum atomic E-state index is 13.4. The molecule has 0 amide bonds. The van der Waals surface area contributed by atoms with Gasteiger partial charge in [0.2, 0.25) is 0 Å². The van der Waals surface area contributed by atoms with Crippen LogP contribution in [0.1, 0.15) is 30.9 Å². The highest BCUT2D eigenvalue weighted by Crippen LogP contribution is 2.37. The van der Waals surface area contributed by atoms with E-state index in [1.807, 2.05) is 12.1 Å². The predicted octanol–water partition coefficient (Wildman–Crippen LogP) is 3.20. The van der Waals surface area contributed by atoms with E-state index in [0.717, 1.165) is 30.4 Å². The lowest BCUT2D eigenvalue weighted by molar-refractivity contribution is 0.180. The molecule has 0 saturated heterocycles. The van der Waals surface area contributed by atoms with Crippen molar-refractivity contribution in [3.63, 3.8) is 0 Å². The first-order valence-electron chi connectivity index (χ1n) is 5.60. The molecular weight excluding hydrogens is 207 g/mol. The van der Waals surface area contributed by atoms with Crippen LogP contribution in [-0.4, -0.2) is 11.2 Å². The summed E-state index contributed by atoms with van der Waals surface area (Å²) in [5, 5.41) is 10.3. The van der Waals surface area contributed by atoms with Crippen LogP contribution in [-0.2, 0) is 0 Å². The minimum Gasteiger partial charge on any atom is -0.458 e. The number of furan rings is 1. The first kappa shape index (κ1) is 9.85. The van der Waals surface area contributed by atoms with Gasteiger partial charge in [-0.25, -0.2) is 4.39 Å². The van der Waals surface area contributed by atoms with Crippen molar-refractivity contribution >= 4 is 11.0 Å². The highest BCUT2D eigenvalue weighted by Gasteiger charge is 2.27. The molecule has 0 radical (unpaired) electrons. The standard InChI is InChI=1S/C13H13FO2/c14-11-3-1-2-9-7-12(16-13(9)11)8-4-5-10(15)6-8/h1-3,7-8,10,15H,4-6H2. The van der Waals surface area contributed by atoms with Crippen LogP contribution in [0.5, 0.6) is 0 Å². The summed E-state index contributed by atoms with van der Waals surface area (Å²) in [6, 6.07) is 6.82. The molecule has 0 aliphatic heterocycles. The topological polar surface area (TPSA) is 33.4 Å². The van der Waals surface area contributed by atoms with Gasteiger partial charge in [-0.2, -0.15) is 0 Å². The van der Waals surface area contributed by atoms with E-state index in [4.69, 9.17) is 4.42 Å². The summed E-state index contributed by atoms with van der Waals surface area (Å²) in [5.41, 5.74) is 0.332. The molecule has 2 unspecified atom stereocenters. The van der Waals surface area contributed by atoms with E-state index >= 15 is 0 Å². The summed E-state index contributed by atoms with van der Waals surface area (Å²) in [7, 11) is 0. The average molecular weight is 220 g/mol. The molecule has 1 aliphatic rings. The number of hydrogen-bond acceptors (Lipinski definition) is 2. The van der Waals surface area contributed by atoms with E-state index in [0.29, 0.717) is 5.58 Å². The summed E-state index contributed by atoms with van der Waals surface area (Å²) in [5.74, 6) is 0.723. The summed E-state index contributed by atoms with van der Waals surface area (Å²) in [6.07, 6.45) is 2.22. The van der Waals surface area contributed by atoms with Crippen LogP contribution >= 0.6 is 0 Å². The molecule has 2 nitrogen and oxygen atoms in total. The molecule has 1 aromatic carbocycles. The van der Waals surface area contributed by atoms with Gasteiger partial charge in [0.15, 0.2) is 11.4 Å². The lowest BCUT2D eigenvalue weighted by atomic mass is 10.1. The van der Waals surface area contributed by atoms with Gasteiger partial charge in [0.25, 0.3) is 0 Å². The number of para-hydroxylation sites is 1. The lowest BCUT2D eigenvalue weighted by Crippen LogP contribution is -1.98. The molecule has 1 aromatic heterocycles. The van der Waals surface area contributed by atoms with Crippen molar-refractivity contribution in [1.29, 1.82) is 0 Å². The SMILES string of the molecule is OC1CCC(c2cc3cccc(F)c3o2)C1. The second kappa shape index (κ2) is 3.59. The smallest absolute Gasteiger partial charge is 0.169 e. The molecule has 3 rings (SSSR count). The van der Waals surface area contributed by atoms with Crippen molar-refractivity contribution in [3.05, 3.63) is 35.8 Å². The summed E-state index contributed by atoms with van der Waals surface area (Å²) in [6.45, 7) is 0. The quantitative estimate of drug-likeness (QED) is 0.800. The molecule has 1 heterocycles. The van der Waals surface area contributed by atoms with Crippen LogP contribution in [0.15, 0.2) is 28.7 Å². The molecule has 0 bridgehead atoms. The van der Waals surface area contributed by atoms with E-state index in [1.54, 1.807) is 6.07 Å². The first-order chi connectivity index (χ1) is 7.74. The second-order valence-corrected chi connectivity index (χ2v) is 4.47. The number of aliphatic hydroxyl groups excluding tert-OH is 1. The van der Waals surface area contributed by atoms with Crippen molar-refractivity contribution in [2.75, 3.05) is 0 Å². The maximum Gasteiger partial charge on any atom is 0.169 e. The Hall–Kier alpha value is -1.35. The van der Waals surface area contributed by atoms with E-state index in [2.05, 4.69) is 0 Å². The summed E-state index contributed by atoms with van der Waals surface area (Å²) < 4.78 is 19.0. The number of benzene rings is 1. The normalized spacial score (nSPS) is 25.4. The van der Waals surface area contributed by atoms with Crippen molar-refractivity contribution in [2.45, 2.75) is 31.3 Å². The number of halogens is 1. The number of aliphatic hydroxyl groups is 1. The molecule has 16 heavy (non-hydrogen) atoms. The predicted molar refractivity (Wildman–Crippen MR) is 58.8 cm³/mol. The van der Waals surface area contributed by atoms with E-state index in [9.17, 15) is 9.50 Å².